The zero-order valence-corrected chi connectivity index (χ0v) is 11.6. The van der Waals surface area contributed by atoms with Crippen LogP contribution in [0.5, 0.6) is 0 Å². The maximum atomic E-state index is 12.2. The Labute approximate surface area is 114 Å². The van der Waals surface area contributed by atoms with E-state index in [-0.39, 0.29) is 11.8 Å². The van der Waals surface area contributed by atoms with E-state index in [0.717, 1.165) is 31.5 Å². The first kappa shape index (κ1) is 13.6. The molecule has 0 radical (unpaired) electrons. The second-order valence-corrected chi connectivity index (χ2v) is 5.46. The predicted molar refractivity (Wildman–Crippen MR) is 74.5 cm³/mol. The van der Waals surface area contributed by atoms with Gasteiger partial charge in [0.05, 0.1) is 12.5 Å². The molecule has 1 heterocycles. The molecule has 0 atom stereocenters. The average Bonchev–Trinajstić information content (AvgIpc) is 2.37. The van der Waals surface area contributed by atoms with Crippen LogP contribution in [-0.4, -0.2) is 23.9 Å². The third kappa shape index (κ3) is 3.57. The van der Waals surface area contributed by atoms with Crippen LogP contribution >= 0.6 is 0 Å². The summed E-state index contributed by atoms with van der Waals surface area (Å²) in [6.07, 6.45) is 2.10. The van der Waals surface area contributed by atoms with Gasteiger partial charge in [-0.05, 0) is 32.3 Å². The van der Waals surface area contributed by atoms with Crippen molar-refractivity contribution in [3.63, 3.8) is 0 Å². The first-order valence-corrected chi connectivity index (χ1v) is 6.83. The number of amides is 1. The van der Waals surface area contributed by atoms with Gasteiger partial charge in [0.25, 0.3) is 0 Å². The molecule has 0 saturated carbocycles. The van der Waals surface area contributed by atoms with Crippen molar-refractivity contribution in [3.8, 4) is 6.07 Å². The van der Waals surface area contributed by atoms with Crippen LogP contribution in [-0.2, 0) is 11.2 Å². The summed E-state index contributed by atoms with van der Waals surface area (Å²) < 4.78 is 0. The molecule has 0 aliphatic carbocycles. The van der Waals surface area contributed by atoms with Crippen molar-refractivity contribution in [2.24, 2.45) is 5.92 Å². The lowest BCUT2D eigenvalue weighted by atomic mass is 9.97. The lowest BCUT2D eigenvalue weighted by Gasteiger charge is -2.29. The quantitative estimate of drug-likeness (QED) is 0.816. The van der Waals surface area contributed by atoms with Crippen molar-refractivity contribution in [2.75, 3.05) is 13.1 Å². The topological polar surface area (TPSA) is 44.1 Å². The van der Waals surface area contributed by atoms with E-state index in [9.17, 15) is 4.79 Å². The average molecular weight is 256 g/mol. The number of nitriles is 1. The molecule has 2 rings (SSSR count). The largest absolute Gasteiger partial charge is 0.342 e. The Morgan fingerprint density at radius 1 is 1.26 bits per heavy atom. The van der Waals surface area contributed by atoms with E-state index in [0.29, 0.717) is 6.42 Å². The van der Waals surface area contributed by atoms with Crippen molar-refractivity contribution < 1.29 is 4.79 Å². The number of piperidine rings is 1. The second kappa shape index (κ2) is 5.88. The van der Waals surface area contributed by atoms with Gasteiger partial charge >= 0.3 is 0 Å². The van der Waals surface area contributed by atoms with Crippen molar-refractivity contribution in [1.29, 1.82) is 5.26 Å². The number of nitrogens with zero attached hydrogens (tertiary/aromatic N) is 2. The molecule has 0 N–H and O–H groups in total. The van der Waals surface area contributed by atoms with Crippen molar-refractivity contribution in [2.45, 2.75) is 33.1 Å². The van der Waals surface area contributed by atoms with Gasteiger partial charge in [0, 0.05) is 19.0 Å². The number of rotatable bonds is 2. The van der Waals surface area contributed by atoms with Crippen LogP contribution < -0.4 is 0 Å². The number of carbonyl (C=O) groups excluding carboxylic acids is 1. The minimum Gasteiger partial charge on any atom is -0.342 e. The Kier molecular flexibility index (Phi) is 4.21. The Balaban J connectivity index is 1.96. The summed E-state index contributed by atoms with van der Waals surface area (Å²) in [5.41, 5.74) is 3.49. The molecule has 1 saturated heterocycles. The maximum absolute atomic E-state index is 12.2. The molecular weight excluding hydrogens is 236 g/mol. The molecule has 100 valence electrons. The fraction of sp³-hybridized carbons (Fsp3) is 0.500. The third-order valence-corrected chi connectivity index (χ3v) is 3.67. The zero-order valence-electron chi connectivity index (χ0n) is 11.6. The van der Waals surface area contributed by atoms with Gasteiger partial charge in [-0.2, -0.15) is 5.26 Å². The van der Waals surface area contributed by atoms with Gasteiger partial charge in [0.2, 0.25) is 5.91 Å². The Morgan fingerprint density at radius 3 is 2.37 bits per heavy atom. The van der Waals surface area contributed by atoms with Crippen LogP contribution in [0.15, 0.2) is 18.2 Å². The molecule has 1 aliphatic rings. The fourth-order valence-electron chi connectivity index (χ4n) is 2.72. The fourth-order valence-corrected chi connectivity index (χ4v) is 2.72. The Hall–Kier alpha value is -1.82. The molecule has 1 aromatic rings. The molecule has 3 heteroatoms. The first-order valence-electron chi connectivity index (χ1n) is 6.83. The lowest BCUT2D eigenvalue weighted by molar-refractivity contribution is -0.131. The number of benzene rings is 1. The molecule has 0 spiro atoms. The minimum atomic E-state index is 0.130. The summed E-state index contributed by atoms with van der Waals surface area (Å²) in [6.45, 7) is 5.56. The molecule has 19 heavy (non-hydrogen) atoms. The summed E-state index contributed by atoms with van der Waals surface area (Å²) in [5, 5.41) is 8.86. The molecule has 1 fully saturated rings. The molecule has 0 aromatic heterocycles. The summed E-state index contributed by atoms with van der Waals surface area (Å²) in [4.78, 5) is 14.1. The highest BCUT2D eigenvalue weighted by molar-refractivity contribution is 5.79. The van der Waals surface area contributed by atoms with E-state index < -0.39 is 0 Å². The highest BCUT2D eigenvalue weighted by Gasteiger charge is 2.22. The highest BCUT2D eigenvalue weighted by Crippen LogP contribution is 2.17. The molecule has 0 bridgehead atoms. The van der Waals surface area contributed by atoms with E-state index >= 15 is 0 Å². The maximum Gasteiger partial charge on any atom is 0.226 e. The number of hydrogen-bond donors (Lipinski definition) is 0. The standard InChI is InChI=1S/C16H20N2O/c1-12-7-13(2)9-15(8-12)10-16(19)18-5-3-14(11-17)4-6-18/h7-9,14H,3-6,10H2,1-2H3. The van der Waals surface area contributed by atoms with Crippen molar-refractivity contribution >= 4 is 5.91 Å². The summed E-state index contributed by atoms with van der Waals surface area (Å²) >= 11 is 0. The van der Waals surface area contributed by atoms with E-state index in [2.05, 4.69) is 38.1 Å². The smallest absolute Gasteiger partial charge is 0.226 e. The van der Waals surface area contributed by atoms with Gasteiger partial charge < -0.3 is 4.90 Å². The van der Waals surface area contributed by atoms with E-state index in [1.165, 1.54) is 11.1 Å². The van der Waals surface area contributed by atoms with Crippen LogP contribution in [0, 0.1) is 31.1 Å². The molecule has 0 unspecified atom stereocenters. The van der Waals surface area contributed by atoms with Crippen LogP contribution in [0.2, 0.25) is 0 Å². The van der Waals surface area contributed by atoms with Gasteiger partial charge in [-0.3, -0.25) is 4.79 Å². The van der Waals surface area contributed by atoms with Gasteiger partial charge in [0.15, 0.2) is 0 Å². The van der Waals surface area contributed by atoms with Gasteiger partial charge in [-0.1, -0.05) is 29.3 Å². The highest BCUT2D eigenvalue weighted by atomic mass is 16.2. The number of hydrogen-bond acceptors (Lipinski definition) is 2. The summed E-state index contributed by atoms with van der Waals surface area (Å²) in [5.74, 6) is 0.312. The SMILES string of the molecule is Cc1cc(C)cc(CC(=O)N2CCC(C#N)CC2)c1. The van der Waals surface area contributed by atoms with E-state index in [1.54, 1.807) is 0 Å². The molecule has 1 aliphatic heterocycles. The normalized spacial score (nSPS) is 16.2. The van der Waals surface area contributed by atoms with Crippen molar-refractivity contribution in [3.05, 3.63) is 34.9 Å². The monoisotopic (exact) mass is 256 g/mol. The van der Waals surface area contributed by atoms with E-state index in [1.807, 2.05) is 4.90 Å². The van der Waals surface area contributed by atoms with Crippen LogP contribution in [0.3, 0.4) is 0 Å². The summed E-state index contributed by atoms with van der Waals surface area (Å²) in [7, 11) is 0. The number of likely N-dealkylation sites (tertiary alicyclic amines) is 1. The van der Waals surface area contributed by atoms with Crippen LogP contribution in [0.1, 0.15) is 29.5 Å². The van der Waals surface area contributed by atoms with Crippen LogP contribution in [0.25, 0.3) is 0 Å². The summed E-state index contributed by atoms with van der Waals surface area (Å²) in [6, 6.07) is 8.56. The number of aryl methyl sites for hydroxylation is 2. The van der Waals surface area contributed by atoms with Gasteiger partial charge in [0.1, 0.15) is 0 Å². The van der Waals surface area contributed by atoms with Gasteiger partial charge in [-0.25, -0.2) is 0 Å². The Morgan fingerprint density at radius 2 is 1.84 bits per heavy atom. The minimum absolute atomic E-state index is 0.130. The Bertz CT molecular complexity index is 488. The number of carbonyl (C=O) groups is 1. The van der Waals surface area contributed by atoms with Gasteiger partial charge in [-0.15, -0.1) is 0 Å². The third-order valence-electron chi connectivity index (χ3n) is 3.67. The van der Waals surface area contributed by atoms with Crippen LogP contribution in [0.4, 0.5) is 0 Å². The molecule has 1 amide bonds. The molecule has 3 nitrogen and oxygen atoms in total. The molecule has 1 aromatic carbocycles. The molecular formula is C16H20N2O. The zero-order chi connectivity index (χ0) is 13.8. The van der Waals surface area contributed by atoms with E-state index in [4.69, 9.17) is 5.26 Å². The van der Waals surface area contributed by atoms with Crippen molar-refractivity contribution in [1.82, 2.24) is 4.90 Å². The lowest BCUT2D eigenvalue weighted by Crippen LogP contribution is -2.39. The first-order chi connectivity index (χ1) is 9.08. The second-order valence-electron chi connectivity index (χ2n) is 5.46. The predicted octanol–water partition coefficient (Wildman–Crippen LogP) is 2.61.